The summed E-state index contributed by atoms with van der Waals surface area (Å²) >= 11 is 0. The van der Waals surface area contributed by atoms with Gasteiger partial charge < -0.3 is 4.84 Å². The highest BCUT2D eigenvalue weighted by Crippen LogP contribution is 2.07. The number of amides is 2. The minimum absolute atomic E-state index is 0.0898. The summed E-state index contributed by atoms with van der Waals surface area (Å²) in [5, 5.41) is 0. The molecule has 0 aromatic heterocycles. The number of hydrogen-bond donors (Lipinski definition) is 1. The number of nitrogens with one attached hydrogen (secondary N) is 1. The molecule has 0 spiro atoms. The van der Waals surface area contributed by atoms with Crippen LogP contribution in [0.5, 0.6) is 0 Å². The minimum atomic E-state index is -0.250. The Kier molecular flexibility index (Phi) is 11.0. The summed E-state index contributed by atoms with van der Waals surface area (Å²) in [6, 6.07) is 9.97. The van der Waals surface area contributed by atoms with E-state index in [0.29, 0.717) is 6.54 Å². The monoisotopic (exact) mass is 308 g/mol. The summed E-state index contributed by atoms with van der Waals surface area (Å²) in [6.07, 6.45) is 1.63. The number of carbonyl (C=O) groups is 2. The van der Waals surface area contributed by atoms with Gasteiger partial charge in [0.25, 0.3) is 0 Å². The van der Waals surface area contributed by atoms with Crippen molar-refractivity contribution in [3.8, 4) is 0 Å². The van der Waals surface area contributed by atoms with Crippen molar-refractivity contribution in [3.05, 3.63) is 35.9 Å². The second kappa shape index (κ2) is 11.9. The largest absolute Gasteiger partial charge is 0.305 e. The van der Waals surface area contributed by atoms with Crippen LogP contribution in [0.1, 0.15) is 39.7 Å². The van der Waals surface area contributed by atoms with Crippen molar-refractivity contribution in [1.29, 1.82) is 0 Å². The van der Waals surface area contributed by atoms with Gasteiger partial charge in [-0.05, 0) is 18.4 Å². The first-order valence-corrected chi connectivity index (χ1v) is 7.65. The molecule has 0 aliphatic carbocycles. The van der Waals surface area contributed by atoms with E-state index < -0.39 is 0 Å². The smallest absolute Gasteiger partial charge is 0.226 e. The highest BCUT2D eigenvalue weighted by molar-refractivity contribution is 5.92. The lowest BCUT2D eigenvalue weighted by atomic mass is 10.1. The maximum Gasteiger partial charge on any atom is 0.226 e. The number of hydrogen-bond acceptors (Lipinski definition) is 4. The minimum Gasteiger partial charge on any atom is -0.305 e. The topological polar surface area (TPSA) is 58.6 Å². The zero-order chi connectivity index (χ0) is 17.0. The van der Waals surface area contributed by atoms with Crippen molar-refractivity contribution in [3.63, 3.8) is 0 Å². The van der Waals surface area contributed by atoms with Crippen LogP contribution >= 0.6 is 0 Å². The normalized spacial score (nSPS) is 11.1. The summed E-state index contributed by atoms with van der Waals surface area (Å²) in [4.78, 5) is 29.0. The van der Waals surface area contributed by atoms with Gasteiger partial charge in [-0.2, -0.15) is 5.48 Å². The molecule has 0 fully saturated rings. The fraction of sp³-hybridized carbons (Fsp3) is 0.529. The number of hydroxylamine groups is 1. The summed E-state index contributed by atoms with van der Waals surface area (Å²) in [7, 11) is 1.53. The maximum absolute atomic E-state index is 11.4. The zero-order valence-electron chi connectivity index (χ0n) is 14.3. The summed E-state index contributed by atoms with van der Waals surface area (Å²) in [5.41, 5.74) is 4.06. The number of nitrogens with zero attached hydrogens (tertiary/aromatic N) is 1. The molecule has 5 nitrogen and oxygen atoms in total. The van der Waals surface area contributed by atoms with Gasteiger partial charge in [-0.1, -0.05) is 44.2 Å². The van der Waals surface area contributed by atoms with Crippen molar-refractivity contribution in [2.75, 3.05) is 13.7 Å². The molecule has 0 saturated heterocycles. The van der Waals surface area contributed by atoms with E-state index in [-0.39, 0.29) is 17.9 Å². The van der Waals surface area contributed by atoms with Gasteiger partial charge in [-0.15, -0.1) is 0 Å². The first-order valence-electron chi connectivity index (χ1n) is 7.65. The Morgan fingerprint density at radius 1 is 1.14 bits per heavy atom. The lowest BCUT2D eigenvalue weighted by Gasteiger charge is -2.24. The SMILES string of the molecule is CC.CONC(CCc1ccccc1)CN(C(C)=O)C(C)=O. The van der Waals surface area contributed by atoms with Crippen molar-refractivity contribution < 1.29 is 14.4 Å². The van der Waals surface area contributed by atoms with Gasteiger partial charge in [0.05, 0.1) is 13.2 Å². The van der Waals surface area contributed by atoms with Crippen LogP contribution < -0.4 is 5.48 Å². The Morgan fingerprint density at radius 2 is 1.68 bits per heavy atom. The molecular weight excluding hydrogens is 280 g/mol. The lowest BCUT2D eigenvalue weighted by molar-refractivity contribution is -0.143. The van der Waals surface area contributed by atoms with Crippen LogP contribution in [0, 0.1) is 0 Å². The molecular formula is C17H28N2O3. The number of aryl methyl sites for hydroxylation is 1. The van der Waals surface area contributed by atoms with Gasteiger partial charge in [0.2, 0.25) is 11.8 Å². The molecule has 1 rings (SSSR count). The van der Waals surface area contributed by atoms with Crippen LogP contribution in [0.15, 0.2) is 30.3 Å². The van der Waals surface area contributed by atoms with E-state index in [9.17, 15) is 9.59 Å². The van der Waals surface area contributed by atoms with Gasteiger partial charge in [0.15, 0.2) is 0 Å². The average molecular weight is 308 g/mol. The quantitative estimate of drug-likeness (QED) is 0.787. The van der Waals surface area contributed by atoms with Gasteiger partial charge in [-0.3, -0.25) is 14.5 Å². The van der Waals surface area contributed by atoms with Crippen LogP contribution in [0.2, 0.25) is 0 Å². The van der Waals surface area contributed by atoms with E-state index in [0.717, 1.165) is 12.8 Å². The molecule has 1 aromatic rings. The van der Waals surface area contributed by atoms with Crippen LogP contribution in [0.3, 0.4) is 0 Å². The molecule has 0 saturated carbocycles. The van der Waals surface area contributed by atoms with Crippen LogP contribution in [0.4, 0.5) is 0 Å². The van der Waals surface area contributed by atoms with Gasteiger partial charge in [0.1, 0.15) is 0 Å². The van der Waals surface area contributed by atoms with Crippen molar-refractivity contribution in [2.45, 2.75) is 46.6 Å². The molecule has 0 aliphatic heterocycles. The van der Waals surface area contributed by atoms with E-state index in [1.165, 1.54) is 31.4 Å². The standard InChI is InChI=1S/C15H22N2O3.C2H6/c1-12(18)17(13(2)19)11-15(16-20-3)10-9-14-7-5-4-6-8-14;1-2/h4-8,15-16H,9-11H2,1-3H3;1-2H3. The molecule has 0 heterocycles. The van der Waals surface area contributed by atoms with E-state index in [2.05, 4.69) is 17.6 Å². The lowest BCUT2D eigenvalue weighted by Crippen LogP contribution is -2.45. The molecule has 0 radical (unpaired) electrons. The second-order valence-corrected chi connectivity index (χ2v) is 4.69. The number of rotatable bonds is 7. The first-order chi connectivity index (χ1) is 10.5. The number of benzene rings is 1. The molecule has 1 unspecified atom stereocenters. The summed E-state index contributed by atoms with van der Waals surface area (Å²) in [5.74, 6) is -0.500. The Hall–Kier alpha value is -1.72. The second-order valence-electron chi connectivity index (χ2n) is 4.69. The summed E-state index contributed by atoms with van der Waals surface area (Å²) in [6.45, 7) is 7.09. The zero-order valence-corrected chi connectivity index (χ0v) is 14.3. The Labute approximate surface area is 133 Å². The predicted molar refractivity (Wildman–Crippen MR) is 88.1 cm³/mol. The fourth-order valence-corrected chi connectivity index (χ4v) is 2.04. The van der Waals surface area contributed by atoms with Crippen LogP contribution in [-0.2, 0) is 20.8 Å². The number of imide groups is 1. The number of carbonyl (C=O) groups excluding carboxylic acids is 2. The molecule has 2 amide bonds. The Morgan fingerprint density at radius 3 is 2.14 bits per heavy atom. The molecule has 1 atom stereocenters. The third-order valence-electron chi connectivity index (χ3n) is 3.07. The van der Waals surface area contributed by atoms with E-state index >= 15 is 0 Å². The van der Waals surface area contributed by atoms with E-state index in [1.54, 1.807) is 0 Å². The molecule has 124 valence electrons. The molecule has 1 N–H and O–H groups in total. The Bertz CT molecular complexity index is 421. The molecule has 1 aromatic carbocycles. The van der Waals surface area contributed by atoms with E-state index in [1.807, 2.05) is 32.0 Å². The van der Waals surface area contributed by atoms with Gasteiger partial charge >= 0.3 is 0 Å². The fourth-order valence-electron chi connectivity index (χ4n) is 2.04. The molecule has 0 aliphatic rings. The first kappa shape index (κ1) is 20.3. The predicted octanol–water partition coefficient (Wildman–Crippen LogP) is 2.56. The molecule has 5 heteroatoms. The van der Waals surface area contributed by atoms with Crippen LogP contribution in [-0.4, -0.2) is 36.4 Å². The van der Waals surface area contributed by atoms with Crippen molar-refractivity contribution in [2.24, 2.45) is 0 Å². The highest BCUT2D eigenvalue weighted by atomic mass is 16.6. The molecule has 22 heavy (non-hydrogen) atoms. The van der Waals surface area contributed by atoms with Crippen molar-refractivity contribution in [1.82, 2.24) is 10.4 Å². The van der Waals surface area contributed by atoms with Crippen LogP contribution in [0.25, 0.3) is 0 Å². The third-order valence-corrected chi connectivity index (χ3v) is 3.07. The van der Waals surface area contributed by atoms with E-state index in [4.69, 9.17) is 4.84 Å². The van der Waals surface area contributed by atoms with Gasteiger partial charge in [-0.25, -0.2) is 0 Å². The third kappa shape index (κ3) is 7.90. The summed E-state index contributed by atoms with van der Waals surface area (Å²) < 4.78 is 0. The average Bonchev–Trinajstić information content (AvgIpc) is 2.52. The van der Waals surface area contributed by atoms with Gasteiger partial charge in [0, 0.05) is 20.4 Å². The highest BCUT2D eigenvalue weighted by Gasteiger charge is 2.19. The molecule has 0 bridgehead atoms. The van der Waals surface area contributed by atoms with Crippen molar-refractivity contribution >= 4 is 11.8 Å². The maximum atomic E-state index is 11.4. The Balaban J connectivity index is 0.00000211.